The molecule has 7 N–H and O–H groups in total. The number of hydrogen-bond donors (Lipinski definition) is 7. The summed E-state index contributed by atoms with van der Waals surface area (Å²) < 4.78 is 0. The van der Waals surface area contributed by atoms with Gasteiger partial charge in [0.05, 0.1) is 17.7 Å². The number of rotatable bonds is 7. The smallest absolute Gasteiger partial charge is 0.223 e. The summed E-state index contributed by atoms with van der Waals surface area (Å²) in [6, 6.07) is 0.625. The Balaban J connectivity index is 1.17. The van der Waals surface area contributed by atoms with Gasteiger partial charge in [-0.25, -0.2) is 10.9 Å². The Morgan fingerprint density at radius 2 is 1.90 bits per heavy atom. The molecule has 1 aliphatic carbocycles. The first kappa shape index (κ1) is 23.7. The third kappa shape index (κ3) is 6.53. The summed E-state index contributed by atoms with van der Waals surface area (Å²) in [6.45, 7) is 6.15. The first-order valence-corrected chi connectivity index (χ1v) is 12.9. The first-order valence-electron chi connectivity index (χ1n) is 12.5. The van der Waals surface area contributed by atoms with E-state index in [1.807, 2.05) is 0 Å². The molecular formula is C22H42ClN7O. The zero-order chi connectivity index (χ0) is 21.6. The monoisotopic (exact) mass is 455 g/mol. The number of amides is 1. The average molecular weight is 456 g/mol. The number of nitrogens with one attached hydrogen (secondary N) is 7. The van der Waals surface area contributed by atoms with E-state index in [1.54, 1.807) is 0 Å². The number of alkyl halides is 1. The van der Waals surface area contributed by atoms with Crippen LogP contribution in [-0.4, -0.2) is 67.9 Å². The average Bonchev–Trinajstić information content (AvgIpc) is 3.28. The molecule has 3 aliphatic heterocycles. The van der Waals surface area contributed by atoms with Crippen LogP contribution in [0.15, 0.2) is 0 Å². The van der Waals surface area contributed by atoms with Crippen molar-refractivity contribution in [3.05, 3.63) is 0 Å². The van der Waals surface area contributed by atoms with Gasteiger partial charge in [0.25, 0.3) is 0 Å². The summed E-state index contributed by atoms with van der Waals surface area (Å²) >= 11 is 6.49. The molecule has 3 saturated heterocycles. The van der Waals surface area contributed by atoms with Crippen LogP contribution in [-0.2, 0) is 4.79 Å². The number of carbonyl (C=O) groups is 1. The molecule has 0 radical (unpaired) electrons. The van der Waals surface area contributed by atoms with Crippen molar-refractivity contribution in [3.63, 3.8) is 0 Å². The van der Waals surface area contributed by atoms with E-state index in [9.17, 15) is 4.79 Å². The number of hydrazine groups is 1. The van der Waals surface area contributed by atoms with Gasteiger partial charge in [-0.15, -0.1) is 11.6 Å². The minimum atomic E-state index is 0.0634. The van der Waals surface area contributed by atoms with Crippen molar-refractivity contribution in [2.75, 3.05) is 26.2 Å². The van der Waals surface area contributed by atoms with E-state index < -0.39 is 0 Å². The van der Waals surface area contributed by atoms with Crippen LogP contribution in [0.25, 0.3) is 0 Å². The molecule has 3 heterocycles. The van der Waals surface area contributed by atoms with Crippen molar-refractivity contribution in [2.24, 2.45) is 11.8 Å². The van der Waals surface area contributed by atoms with E-state index in [1.165, 1.54) is 12.8 Å². The molecule has 6 unspecified atom stereocenters. The molecule has 1 saturated carbocycles. The van der Waals surface area contributed by atoms with Gasteiger partial charge in [-0.3, -0.25) is 10.1 Å². The highest BCUT2D eigenvalue weighted by Gasteiger charge is 2.34. The molecule has 0 aromatic heterocycles. The molecule has 178 valence electrons. The molecule has 4 rings (SSSR count). The number of hydrogen-bond acceptors (Lipinski definition) is 7. The SMILES string of the molecule is C[C@H](NC(=O)C1CCCC(NCC2NNC(C3CCNCC3)N2)C1)C1NCCCC1Cl. The number of halogens is 1. The van der Waals surface area contributed by atoms with Gasteiger partial charge in [-0.2, -0.15) is 0 Å². The molecule has 0 aromatic carbocycles. The van der Waals surface area contributed by atoms with Crippen molar-refractivity contribution in [2.45, 2.75) is 94.1 Å². The highest BCUT2D eigenvalue weighted by atomic mass is 35.5. The zero-order valence-corrected chi connectivity index (χ0v) is 19.6. The molecule has 4 aliphatic rings. The molecular weight excluding hydrogens is 414 g/mol. The molecule has 31 heavy (non-hydrogen) atoms. The lowest BCUT2D eigenvalue weighted by Gasteiger charge is -2.35. The van der Waals surface area contributed by atoms with Crippen LogP contribution in [0.1, 0.15) is 58.3 Å². The predicted octanol–water partition coefficient (Wildman–Crippen LogP) is 0.348. The van der Waals surface area contributed by atoms with Crippen molar-refractivity contribution >= 4 is 17.5 Å². The molecule has 8 nitrogen and oxygen atoms in total. The maximum Gasteiger partial charge on any atom is 0.223 e. The van der Waals surface area contributed by atoms with E-state index in [4.69, 9.17) is 11.6 Å². The summed E-state index contributed by atoms with van der Waals surface area (Å²) in [5.41, 5.74) is 6.84. The predicted molar refractivity (Wildman–Crippen MR) is 125 cm³/mol. The molecule has 9 heteroatoms. The highest BCUT2D eigenvalue weighted by Crippen LogP contribution is 2.25. The molecule has 4 fully saturated rings. The van der Waals surface area contributed by atoms with Crippen LogP contribution < -0.4 is 37.4 Å². The van der Waals surface area contributed by atoms with Crippen molar-refractivity contribution in [1.82, 2.24) is 37.4 Å². The van der Waals surface area contributed by atoms with E-state index in [-0.39, 0.29) is 35.5 Å². The van der Waals surface area contributed by atoms with Gasteiger partial charge in [0.2, 0.25) is 5.91 Å². The minimum absolute atomic E-state index is 0.0634. The normalized spacial score (nSPS) is 38.6. The molecule has 7 atom stereocenters. The summed E-state index contributed by atoms with van der Waals surface area (Å²) in [5, 5.41) is 17.7. The fourth-order valence-electron chi connectivity index (χ4n) is 5.73. The maximum absolute atomic E-state index is 12.9. The standard InChI is InChI=1S/C22H42ClN7O/c1-14(20-18(23)6-3-9-25-20)27-22(31)16-4-2-5-17(12-16)26-13-19-28-21(30-29-19)15-7-10-24-11-8-15/h14-21,24-26,28-30H,2-13H2,1H3,(H,27,31)/t14-,16?,17?,18?,19?,20?,21?/m0/s1. The summed E-state index contributed by atoms with van der Waals surface area (Å²) in [4.78, 5) is 12.9. The number of piperidine rings is 2. The Morgan fingerprint density at radius 3 is 2.71 bits per heavy atom. The van der Waals surface area contributed by atoms with Crippen LogP contribution in [0.4, 0.5) is 0 Å². The largest absolute Gasteiger partial charge is 0.352 e. The van der Waals surface area contributed by atoms with Crippen LogP contribution in [0.3, 0.4) is 0 Å². The van der Waals surface area contributed by atoms with Gasteiger partial charge >= 0.3 is 0 Å². The lowest BCUT2D eigenvalue weighted by Crippen LogP contribution is -2.56. The third-order valence-electron chi connectivity index (χ3n) is 7.64. The second-order valence-electron chi connectivity index (χ2n) is 9.98. The summed E-state index contributed by atoms with van der Waals surface area (Å²) in [6.07, 6.45) is 9.28. The minimum Gasteiger partial charge on any atom is -0.352 e. The molecule has 0 aromatic rings. The lowest BCUT2D eigenvalue weighted by atomic mass is 9.84. The Morgan fingerprint density at radius 1 is 1.06 bits per heavy atom. The fraction of sp³-hybridized carbons (Fsp3) is 0.955. The van der Waals surface area contributed by atoms with E-state index in [0.717, 1.165) is 64.7 Å². The topological polar surface area (TPSA) is 101 Å². The molecule has 0 bridgehead atoms. The van der Waals surface area contributed by atoms with Gasteiger partial charge < -0.3 is 21.3 Å². The maximum atomic E-state index is 12.9. The van der Waals surface area contributed by atoms with Crippen molar-refractivity contribution in [1.29, 1.82) is 0 Å². The second-order valence-corrected chi connectivity index (χ2v) is 10.5. The number of carbonyl (C=O) groups excluding carboxylic acids is 1. The van der Waals surface area contributed by atoms with Crippen LogP contribution in [0.5, 0.6) is 0 Å². The Labute approximate surface area is 192 Å². The Bertz CT molecular complexity index is 576. The van der Waals surface area contributed by atoms with Gasteiger partial charge in [-0.05, 0) is 77.4 Å². The van der Waals surface area contributed by atoms with Crippen LogP contribution in [0.2, 0.25) is 0 Å². The molecule has 1 amide bonds. The van der Waals surface area contributed by atoms with Crippen LogP contribution >= 0.6 is 11.6 Å². The zero-order valence-electron chi connectivity index (χ0n) is 18.9. The van der Waals surface area contributed by atoms with E-state index in [2.05, 4.69) is 44.4 Å². The Hall–Kier alpha value is -0.480. The highest BCUT2D eigenvalue weighted by molar-refractivity contribution is 6.21. The second kappa shape index (κ2) is 11.6. The van der Waals surface area contributed by atoms with Crippen molar-refractivity contribution in [3.8, 4) is 0 Å². The third-order valence-corrected chi connectivity index (χ3v) is 8.13. The summed E-state index contributed by atoms with van der Waals surface area (Å²) in [7, 11) is 0. The van der Waals surface area contributed by atoms with Gasteiger partial charge in [0.1, 0.15) is 0 Å². The molecule has 0 spiro atoms. The van der Waals surface area contributed by atoms with Gasteiger partial charge in [0, 0.05) is 30.6 Å². The Kier molecular flexibility index (Phi) is 8.85. The van der Waals surface area contributed by atoms with E-state index >= 15 is 0 Å². The fourth-order valence-corrected chi connectivity index (χ4v) is 6.19. The quantitative estimate of drug-likeness (QED) is 0.278. The van der Waals surface area contributed by atoms with Gasteiger partial charge in [0.15, 0.2) is 0 Å². The van der Waals surface area contributed by atoms with Crippen LogP contribution in [0, 0.1) is 11.8 Å². The first-order chi connectivity index (χ1) is 15.1. The van der Waals surface area contributed by atoms with Gasteiger partial charge in [-0.1, -0.05) is 6.42 Å². The summed E-state index contributed by atoms with van der Waals surface area (Å²) in [5.74, 6) is 0.964. The van der Waals surface area contributed by atoms with E-state index in [0.29, 0.717) is 18.1 Å². The lowest BCUT2D eigenvalue weighted by molar-refractivity contribution is -0.127. The van der Waals surface area contributed by atoms with Crippen molar-refractivity contribution < 1.29 is 4.79 Å².